The zero-order valence-electron chi connectivity index (χ0n) is 10.0. The summed E-state index contributed by atoms with van der Waals surface area (Å²) in [5, 5.41) is 16.8. The first-order chi connectivity index (χ1) is 8.43. The standard InChI is InChI=1S/C11H13N3O3S/c1-14-10(7-15)12-13-11(14)8-3-5-9(6-4-8)18(2,16)17/h3-6,15H,7H2,1-2H3. The number of hydrogen-bond acceptors (Lipinski definition) is 5. The summed E-state index contributed by atoms with van der Waals surface area (Å²) >= 11 is 0. The Kier molecular flexibility index (Phi) is 3.18. The fraction of sp³-hybridized carbons (Fsp3) is 0.273. The minimum absolute atomic E-state index is 0.190. The number of sulfone groups is 1. The first-order valence-electron chi connectivity index (χ1n) is 5.23. The fourth-order valence-corrected chi connectivity index (χ4v) is 2.23. The van der Waals surface area contributed by atoms with Crippen LogP contribution in [0.4, 0.5) is 0 Å². The van der Waals surface area contributed by atoms with Crippen LogP contribution in [-0.4, -0.2) is 34.5 Å². The van der Waals surface area contributed by atoms with Crippen molar-refractivity contribution in [3.8, 4) is 11.4 Å². The van der Waals surface area contributed by atoms with Crippen molar-refractivity contribution in [2.24, 2.45) is 7.05 Å². The van der Waals surface area contributed by atoms with Gasteiger partial charge < -0.3 is 9.67 Å². The molecule has 96 valence electrons. The summed E-state index contributed by atoms with van der Waals surface area (Å²) in [6.07, 6.45) is 1.16. The Bertz CT molecular complexity index is 659. The molecule has 6 nitrogen and oxygen atoms in total. The minimum Gasteiger partial charge on any atom is -0.388 e. The normalized spacial score (nSPS) is 11.7. The monoisotopic (exact) mass is 267 g/mol. The quantitative estimate of drug-likeness (QED) is 0.869. The maximum absolute atomic E-state index is 11.3. The van der Waals surface area contributed by atoms with E-state index >= 15 is 0 Å². The van der Waals surface area contributed by atoms with Crippen molar-refractivity contribution in [1.29, 1.82) is 0 Å². The van der Waals surface area contributed by atoms with Gasteiger partial charge in [-0.1, -0.05) is 0 Å². The molecule has 0 atom stereocenters. The third-order valence-electron chi connectivity index (χ3n) is 2.65. The Labute approximate surface area is 105 Å². The highest BCUT2D eigenvalue weighted by molar-refractivity contribution is 7.90. The van der Waals surface area contributed by atoms with Crippen molar-refractivity contribution in [3.63, 3.8) is 0 Å². The largest absolute Gasteiger partial charge is 0.388 e. The van der Waals surface area contributed by atoms with Gasteiger partial charge in [0, 0.05) is 18.9 Å². The molecule has 7 heteroatoms. The average Bonchev–Trinajstić information content (AvgIpc) is 2.69. The van der Waals surface area contributed by atoms with Crippen LogP contribution in [0.15, 0.2) is 29.2 Å². The van der Waals surface area contributed by atoms with Crippen molar-refractivity contribution in [3.05, 3.63) is 30.1 Å². The molecular formula is C11H13N3O3S. The van der Waals surface area contributed by atoms with Gasteiger partial charge >= 0.3 is 0 Å². The van der Waals surface area contributed by atoms with E-state index < -0.39 is 9.84 Å². The van der Waals surface area contributed by atoms with Crippen LogP contribution >= 0.6 is 0 Å². The maximum atomic E-state index is 11.3. The first-order valence-corrected chi connectivity index (χ1v) is 7.12. The van der Waals surface area contributed by atoms with Gasteiger partial charge in [-0.05, 0) is 24.3 Å². The smallest absolute Gasteiger partial charge is 0.175 e. The van der Waals surface area contributed by atoms with E-state index in [0.717, 1.165) is 11.8 Å². The lowest BCUT2D eigenvalue weighted by atomic mass is 10.2. The number of rotatable bonds is 3. The predicted molar refractivity (Wildman–Crippen MR) is 65.5 cm³/mol. The lowest BCUT2D eigenvalue weighted by Crippen LogP contribution is -2.00. The van der Waals surface area contributed by atoms with E-state index in [9.17, 15) is 8.42 Å². The second-order valence-electron chi connectivity index (χ2n) is 3.95. The van der Waals surface area contributed by atoms with E-state index in [1.165, 1.54) is 12.1 Å². The highest BCUT2D eigenvalue weighted by Crippen LogP contribution is 2.19. The average molecular weight is 267 g/mol. The van der Waals surface area contributed by atoms with Crippen LogP contribution < -0.4 is 0 Å². The molecule has 18 heavy (non-hydrogen) atoms. The molecule has 2 rings (SSSR count). The summed E-state index contributed by atoms with van der Waals surface area (Å²) in [4.78, 5) is 0.260. The molecule has 0 amide bonds. The van der Waals surface area contributed by atoms with E-state index in [1.54, 1.807) is 23.7 Å². The summed E-state index contributed by atoms with van der Waals surface area (Å²) in [7, 11) is -1.45. The predicted octanol–water partition coefficient (Wildman–Crippen LogP) is 0.378. The van der Waals surface area contributed by atoms with Crippen molar-refractivity contribution in [2.45, 2.75) is 11.5 Å². The highest BCUT2D eigenvalue weighted by Gasteiger charge is 2.11. The summed E-state index contributed by atoms with van der Waals surface area (Å²) in [5.41, 5.74) is 0.747. The van der Waals surface area contributed by atoms with Gasteiger partial charge in [-0.25, -0.2) is 8.42 Å². The van der Waals surface area contributed by atoms with Crippen LogP contribution in [0.3, 0.4) is 0 Å². The van der Waals surface area contributed by atoms with Crippen LogP contribution in [-0.2, 0) is 23.5 Å². The van der Waals surface area contributed by atoms with Crippen LogP contribution in [0, 0.1) is 0 Å². The second-order valence-corrected chi connectivity index (χ2v) is 5.97. The van der Waals surface area contributed by atoms with Crippen LogP contribution in [0.1, 0.15) is 5.82 Å². The van der Waals surface area contributed by atoms with Crippen molar-refractivity contribution in [2.75, 3.05) is 6.26 Å². The van der Waals surface area contributed by atoms with Crippen molar-refractivity contribution >= 4 is 9.84 Å². The van der Waals surface area contributed by atoms with Crippen LogP contribution in [0.5, 0.6) is 0 Å². The van der Waals surface area contributed by atoms with Crippen molar-refractivity contribution in [1.82, 2.24) is 14.8 Å². The topological polar surface area (TPSA) is 85.1 Å². The number of benzene rings is 1. The number of nitrogens with zero attached hydrogens (tertiary/aromatic N) is 3. The van der Waals surface area contributed by atoms with Crippen molar-refractivity contribution < 1.29 is 13.5 Å². The summed E-state index contributed by atoms with van der Waals surface area (Å²) in [5.74, 6) is 1.04. The molecule has 1 aromatic carbocycles. The molecule has 1 heterocycles. The molecule has 0 aliphatic heterocycles. The van der Waals surface area contributed by atoms with E-state index in [1.807, 2.05) is 0 Å². The molecule has 0 saturated heterocycles. The Morgan fingerprint density at radius 3 is 2.28 bits per heavy atom. The molecule has 0 bridgehead atoms. The molecule has 0 radical (unpaired) electrons. The van der Waals surface area contributed by atoms with Crippen LogP contribution in [0.2, 0.25) is 0 Å². The van der Waals surface area contributed by atoms with E-state index in [4.69, 9.17) is 5.11 Å². The van der Waals surface area contributed by atoms with Crippen LogP contribution in [0.25, 0.3) is 11.4 Å². The molecule has 0 aliphatic rings. The lowest BCUT2D eigenvalue weighted by Gasteiger charge is -2.03. The molecular weight excluding hydrogens is 254 g/mol. The second kappa shape index (κ2) is 4.51. The highest BCUT2D eigenvalue weighted by atomic mass is 32.2. The lowest BCUT2D eigenvalue weighted by molar-refractivity contribution is 0.267. The van der Waals surface area contributed by atoms with Gasteiger partial charge in [-0.3, -0.25) is 0 Å². The summed E-state index contributed by atoms with van der Waals surface area (Å²) in [6.45, 7) is -0.190. The SMILES string of the molecule is Cn1c(CO)nnc1-c1ccc(S(C)(=O)=O)cc1. The van der Waals surface area contributed by atoms with E-state index in [0.29, 0.717) is 11.6 Å². The molecule has 1 aromatic heterocycles. The molecule has 0 unspecified atom stereocenters. The molecule has 2 aromatic rings. The van der Waals surface area contributed by atoms with Gasteiger partial charge in [0.1, 0.15) is 6.61 Å². The van der Waals surface area contributed by atoms with E-state index in [2.05, 4.69) is 10.2 Å². The Hall–Kier alpha value is -1.73. The first kappa shape index (κ1) is 12.7. The molecule has 0 aliphatic carbocycles. The maximum Gasteiger partial charge on any atom is 0.175 e. The third kappa shape index (κ3) is 2.27. The van der Waals surface area contributed by atoms with Gasteiger partial charge in [0.05, 0.1) is 4.90 Å². The number of aliphatic hydroxyl groups excluding tert-OH is 1. The Morgan fingerprint density at radius 2 is 1.83 bits per heavy atom. The molecule has 0 saturated carbocycles. The van der Waals surface area contributed by atoms with Gasteiger partial charge in [-0.2, -0.15) is 0 Å². The Morgan fingerprint density at radius 1 is 1.22 bits per heavy atom. The van der Waals surface area contributed by atoms with Gasteiger partial charge in [0.15, 0.2) is 21.5 Å². The number of aromatic nitrogens is 3. The van der Waals surface area contributed by atoms with E-state index in [-0.39, 0.29) is 11.5 Å². The Balaban J connectivity index is 2.43. The summed E-state index contributed by atoms with van der Waals surface area (Å²) < 4.78 is 24.3. The minimum atomic E-state index is -3.19. The number of aliphatic hydroxyl groups is 1. The van der Waals surface area contributed by atoms with Gasteiger partial charge in [-0.15, -0.1) is 10.2 Å². The molecule has 1 N–H and O–H groups in total. The summed E-state index contributed by atoms with van der Waals surface area (Å²) in [6, 6.07) is 6.39. The number of hydrogen-bond donors (Lipinski definition) is 1. The zero-order valence-corrected chi connectivity index (χ0v) is 10.8. The van der Waals surface area contributed by atoms with Gasteiger partial charge in [0.25, 0.3) is 0 Å². The fourth-order valence-electron chi connectivity index (χ4n) is 1.60. The molecule has 0 spiro atoms. The third-order valence-corrected chi connectivity index (χ3v) is 3.78. The van der Waals surface area contributed by atoms with Gasteiger partial charge in [0.2, 0.25) is 0 Å². The zero-order chi connectivity index (χ0) is 13.3. The molecule has 0 fully saturated rings.